The summed E-state index contributed by atoms with van der Waals surface area (Å²) in [5.41, 5.74) is 4.50. The molecule has 3 rings (SSSR count). The Kier molecular flexibility index (Phi) is 4.33. The molecule has 1 atom stereocenters. The second-order valence-electron chi connectivity index (χ2n) is 6.27. The van der Waals surface area contributed by atoms with Gasteiger partial charge in [-0.3, -0.25) is 9.78 Å². The van der Waals surface area contributed by atoms with Crippen molar-refractivity contribution >= 4 is 16.8 Å². The number of carbonyl (C=O) groups excluding carboxylic acids is 1. The van der Waals surface area contributed by atoms with Crippen molar-refractivity contribution in [3.63, 3.8) is 0 Å². The highest BCUT2D eigenvalue weighted by Gasteiger charge is 2.24. The van der Waals surface area contributed by atoms with Gasteiger partial charge in [-0.1, -0.05) is 11.6 Å². The van der Waals surface area contributed by atoms with Gasteiger partial charge in [-0.25, -0.2) is 0 Å². The van der Waals surface area contributed by atoms with Crippen LogP contribution in [0.2, 0.25) is 0 Å². The van der Waals surface area contributed by atoms with Gasteiger partial charge >= 0.3 is 0 Å². The van der Waals surface area contributed by atoms with Crippen molar-refractivity contribution in [2.45, 2.75) is 26.9 Å². The Morgan fingerprint density at radius 2 is 2.09 bits per heavy atom. The summed E-state index contributed by atoms with van der Waals surface area (Å²) >= 11 is 0. The highest BCUT2D eigenvalue weighted by Crippen LogP contribution is 2.25. The SMILES string of the molecule is Cc1cc(C)c2nc(C)cc(C(=O)N3CCOCC(O)C3)c2c1. The van der Waals surface area contributed by atoms with Gasteiger partial charge in [-0.15, -0.1) is 0 Å². The quantitative estimate of drug-likeness (QED) is 0.874. The topological polar surface area (TPSA) is 62.7 Å². The number of rotatable bonds is 1. The number of hydrogen-bond acceptors (Lipinski definition) is 4. The molecule has 1 aliphatic heterocycles. The van der Waals surface area contributed by atoms with Crippen LogP contribution >= 0.6 is 0 Å². The molecule has 1 aromatic carbocycles. The molecule has 5 heteroatoms. The van der Waals surface area contributed by atoms with E-state index < -0.39 is 6.10 Å². The number of aryl methyl sites for hydroxylation is 3. The highest BCUT2D eigenvalue weighted by molar-refractivity contribution is 6.07. The molecule has 0 bridgehead atoms. The van der Waals surface area contributed by atoms with Crippen LogP contribution < -0.4 is 0 Å². The molecule has 1 aromatic heterocycles. The first-order chi connectivity index (χ1) is 11.0. The molecule has 2 aromatic rings. The normalized spacial score (nSPS) is 19.0. The first-order valence-corrected chi connectivity index (χ1v) is 7.89. The minimum atomic E-state index is -0.640. The Hall–Kier alpha value is -1.98. The number of aliphatic hydroxyl groups excluding tert-OH is 1. The number of pyridine rings is 1. The van der Waals surface area contributed by atoms with Crippen molar-refractivity contribution in [3.05, 3.63) is 40.6 Å². The standard InChI is InChI=1S/C18H22N2O3/c1-11-6-12(2)17-15(7-11)16(8-13(3)19-17)18(22)20-4-5-23-10-14(21)9-20/h6-8,14,21H,4-5,9-10H2,1-3H3. The van der Waals surface area contributed by atoms with Gasteiger partial charge in [-0.2, -0.15) is 0 Å². The van der Waals surface area contributed by atoms with Gasteiger partial charge in [0.1, 0.15) is 0 Å². The predicted molar refractivity (Wildman–Crippen MR) is 88.7 cm³/mol. The molecule has 2 heterocycles. The first kappa shape index (κ1) is 15.9. The van der Waals surface area contributed by atoms with Gasteiger partial charge in [0.15, 0.2) is 0 Å². The summed E-state index contributed by atoms with van der Waals surface area (Å²) in [4.78, 5) is 19.3. The van der Waals surface area contributed by atoms with Crippen molar-refractivity contribution < 1.29 is 14.6 Å². The molecule has 0 aliphatic carbocycles. The smallest absolute Gasteiger partial charge is 0.254 e. The largest absolute Gasteiger partial charge is 0.389 e. The fraction of sp³-hybridized carbons (Fsp3) is 0.444. The molecule has 0 spiro atoms. The van der Waals surface area contributed by atoms with Gasteiger partial charge in [0, 0.05) is 24.2 Å². The Balaban J connectivity index is 2.09. The minimum absolute atomic E-state index is 0.0740. The number of carbonyl (C=O) groups is 1. The number of benzene rings is 1. The number of aromatic nitrogens is 1. The van der Waals surface area contributed by atoms with Crippen LogP contribution in [0.15, 0.2) is 18.2 Å². The van der Waals surface area contributed by atoms with E-state index in [1.807, 2.05) is 32.9 Å². The molecule has 1 fully saturated rings. The number of ether oxygens (including phenoxy) is 1. The lowest BCUT2D eigenvalue weighted by atomic mass is 10.0. The van der Waals surface area contributed by atoms with E-state index in [0.29, 0.717) is 25.3 Å². The number of β-amino-alcohol motifs (C(OH)–C–C–N with tert-alkyl or cyclic N) is 1. The third-order valence-corrected chi connectivity index (χ3v) is 4.14. The van der Waals surface area contributed by atoms with Crippen LogP contribution in [0, 0.1) is 20.8 Å². The van der Waals surface area contributed by atoms with Gasteiger partial charge < -0.3 is 14.7 Å². The molecule has 1 amide bonds. The third kappa shape index (κ3) is 3.21. The summed E-state index contributed by atoms with van der Waals surface area (Å²) in [6.45, 7) is 7.44. The number of amides is 1. The fourth-order valence-corrected chi connectivity index (χ4v) is 3.13. The zero-order chi connectivity index (χ0) is 16.6. The van der Waals surface area contributed by atoms with E-state index in [1.165, 1.54) is 0 Å². The molecule has 0 radical (unpaired) electrons. The van der Waals surface area contributed by atoms with Crippen LogP contribution in [-0.4, -0.2) is 53.3 Å². The van der Waals surface area contributed by atoms with E-state index in [0.717, 1.165) is 27.7 Å². The number of aliphatic hydroxyl groups is 1. The number of nitrogens with zero attached hydrogens (tertiary/aromatic N) is 2. The Morgan fingerprint density at radius 1 is 1.30 bits per heavy atom. The summed E-state index contributed by atoms with van der Waals surface area (Å²) in [7, 11) is 0. The lowest BCUT2D eigenvalue weighted by Crippen LogP contribution is -2.37. The summed E-state index contributed by atoms with van der Waals surface area (Å²) in [5, 5.41) is 10.8. The fourth-order valence-electron chi connectivity index (χ4n) is 3.13. The highest BCUT2D eigenvalue weighted by atomic mass is 16.5. The maximum absolute atomic E-state index is 13.0. The molecule has 5 nitrogen and oxygen atoms in total. The summed E-state index contributed by atoms with van der Waals surface area (Å²) < 4.78 is 5.32. The van der Waals surface area contributed by atoms with Crippen molar-refractivity contribution in [2.75, 3.05) is 26.3 Å². The maximum Gasteiger partial charge on any atom is 0.254 e. The lowest BCUT2D eigenvalue weighted by molar-refractivity contribution is 0.0535. The summed E-state index contributed by atoms with van der Waals surface area (Å²) in [6.07, 6.45) is -0.640. The Morgan fingerprint density at radius 3 is 2.87 bits per heavy atom. The van der Waals surface area contributed by atoms with Crippen LogP contribution in [0.25, 0.3) is 10.9 Å². The van der Waals surface area contributed by atoms with E-state index in [2.05, 4.69) is 11.1 Å². The number of fused-ring (bicyclic) bond motifs is 1. The van der Waals surface area contributed by atoms with E-state index in [4.69, 9.17) is 4.74 Å². The maximum atomic E-state index is 13.0. The van der Waals surface area contributed by atoms with Crippen LogP contribution in [0.5, 0.6) is 0 Å². The first-order valence-electron chi connectivity index (χ1n) is 7.89. The van der Waals surface area contributed by atoms with Gasteiger partial charge in [0.25, 0.3) is 5.91 Å². The summed E-state index contributed by atoms with van der Waals surface area (Å²) in [5.74, 6) is -0.0740. The van der Waals surface area contributed by atoms with E-state index in [-0.39, 0.29) is 12.5 Å². The average Bonchev–Trinajstić information content (AvgIpc) is 2.71. The van der Waals surface area contributed by atoms with Crippen molar-refractivity contribution in [1.29, 1.82) is 0 Å². The zero-order valence-corrected chi connectivity index (χ0v) is 13.8. The van der Waals surface area contributed by atoms with Crippen molar-refractivity contribution in [1.82, 2.24) is 9.88 Å². The minimum Gasteiger partial charge on any atom is -0.389 e. The van der Waals surface area contributed by atoms with Gasteiger partial charge in [-0.05, 0) is 38.5 Å². The molecule has 1 N–H and O–H groups in total. The third-order valence-electron chi connectivity index (χ3n) is 4.14. The Bertz CT molecular complexity index is 758. The Labute approximate surface area is 135 Å². The van der Waals surface area contributed by atoms with E-state index >= 15 is 0 Å². The molecular weight excluding hydrogens is 292 g/mol. The van der Waals surface area contributed by atoms with Crippen LogP contribution in [0.1, 0.15) is 27.2 Å². The second kappa shape index (κ2) is 6.26. The average molecular weight is 314 g/mol. The van der Waals surface area contributed by atoms with E-state index in [9.17, 15) is 9.90 Å². The van der Waals surface area contributed by atoms with Crippen LogP contribution in [0.4, 0.5) is 0 Å². The predicted octanol–water partition coefficient (Wildman–Crippen LogP) is 1.99. The monoisotopic (exact) mass is 314 g/mol. The molecule has 0 saturated carbocycles. The summed E-state index contributed by atoms with van der Waals surface area (Å²) in [6, 6.07) is 5.92. The molecule has 1 aliphatic rings. The number of hydrogen-bond donors (Lipinski definition) is 1. The second-order valence-corrected chi connectivity index (χ2v) is 6.27. The van der Waals surface area contributed by atoms with Crippen LogP contribution in [-0.2, 0) is 4.74 Å². The van der Waals surface area contributed by atoms with Crippen molar-refractivity contribution in [3.8, 4) is 0 Å². The van der Waals surface area contributed by atoms with Crippen molar-refractivity contribution in [2.24, 2.45) is 0 Å². The van der Waals surface area contributed by atoms with Crippen LogP contribution in [0.3, 0.4) is 0 Å². The molecule has 23 heavy (non-hydrogen) atoms. The molecule has 1 saturated heterocycles. The van der Waals surface area contributed by atoms with E-state index in [1.54, 1.807) is 4.90 Å². The van der Waals surface area contributed by atoms with Gasteiger partial charge in [0.2, 0.25) is 0 Å². The zero-order valence-electron chi connectivity index (χ0n) is 13.8. The molecular formula is C18H22N2O3. The molecule has 122 valence electrons. The van der Waals surface area contributed by atoms with Gasteiger partial charge in [0.05, 0.1) is 30.4 Å². The lowest BCUT2D eigenvalue weighted by Gasteiger charge is -2.22. The molecule has 1 unspecified atom stereocenters.